The molecule has 2 rings (SSSR count). The van der Waals surface area contributed by atoms with Gasteiger partial charge in [0.05, 0.1) is 13.1 Å². The number of likely N-dealkylation sites (N-methyl/N-ethyl adjacent to an activating group) is 2. The van der Waals surface area contributed by atoms with Crippen molar-refractivity contribution in [2.24, 2.45) is 4.99 Å². The molecule has 1 unspecified atom stereocenters. The summed E-state index contributed by atoms with van der Waals surface area (Å²) in [4.78, 5) is 21.0. The molecule has 8 heteroatoms. The highest BCUT2D eigenvalue weighted by molar-refractivity contribution is 14.0. The molecule has 1 fully saturated rings. The summed E-state index contributed by atoms with van der Waals surface area (Å²) >= 11 is 0. The van der Waals surface area contributed by atoms with Gasteiger partial charge in [0, 0.05) is 24.8 Å². The molecule has 1 aliphatic rings. The van der Waals surface area contributed by atoms with Crippen molar-refractivity contribution in [2.75, 3.05) is 52.1 Å². The van der Waals surface area contributed by atoms with Crippen molar-refractivity contribution in [3.8, 4) is 0 Å². The molecule has 164 valence electrons. The highest BCUT2D eigenvalue weighted by atomic mass is 127. The van der Waals surface area contributed by atoms with Gasteiger partial charge in [0.1, 0.15) is 0 Å². The second kappa shape index (κ2) is 13.8. The lowest BCUT2D eigenvalue weighted by Gasteiger charge is -2.24. The molecule has 1 saturated heterocycles. The van der Waals surface area contributed by atoms with Gasteiger partial charge in [-0.2, -0.15) is 0 Å². The van der Waals surface area contributed by atoms with Crippen LogP contribution in [0.2, 0.25) is 0 Å². The van der Waals surface area contributed by atoms with Gasteiger partial charge in [-0.25, -0.2) is 4.99 Å². The fourth-order valence-electron chi connectivity index (χ4n) is 3.50. The molecule has 0 radical (unpaired) electrons. The molecule has 0 saturated carbocycles. The van der Waals surface area contributed by atoms with E-state index in [1.807, 2.05) is 43.3 Å². The Morgan fingerprint density at radius 3 is 2.76 bits per heavy atom. The van der Waals surface area contributed by atoms with Crippen molar-refractivity contribution in [1.82, 2.24) is 20.4 Å². The molecule has 0 bridgehead atoms. The quantitative estimate of drug-likeness (QED) is 0.267. The number of benzene rings is 1. The molecule has 0 spiro atoms. The van der Waals surface area contributed by atoms with Gasteiger partial charge in [0.15, 0.2) is 5.96 Å². The number of anilines is 1. The number of carbonyl (C=O) groups is 1. The standard InChI is InChI=1S/C21H36N6O.HI/c1-5-22-21(24-15-19-11-8-12-27(19)6-2)23-14-17-9-7-10-18(13-17)25-20(28)16-26(3)4;/h7,9-10,13,19H,5-6,8,11-12,14-16H2,1-4H3,(H,25,28)(H2,22,23,24);1H. The SMILES string of the molecule is CCNC(=NCc1cccc(NC(=O)CN(C)C)c1)NCC1CCCN1CC.I. The predicted octanol–water partition coefficient (Wildman–Crippen LogP) is 2.34. The number of carbonyl (C=O) groups excluding carboxylic acids is 1. The van der Waals surface area contributed by atoms with Crippen molar-refractivity contribution in [3.63, 3.8) is 0 Å². The number of hydrogen-bond acceptors (Lipinski definition) is 4. The average Bonchev–Trinajstić information content (AvgIpc) is 3.11. The van der Waals surface area contributed by atoms with Gasteiger partial charge in [0.2, 0.25) is 5.91 Å². The summed E-state index contributed by atoms with van der Waals surface area (Å²) in [5.41, 5.74) is 1.87. The van der Waals surface area contributed by atoms with Crippen LogP contribution in [0.5, 0.6) is 0 Å². The maximum Gasteiger partial charge on any atom is 0.238 e. The summed E-state index contributed by atoms with van der Waals surface area (Å²) in [6, 6.07) is 8.46. The van der Waals surface area contributed by atoms with E-state index >= 15 is 0 Å². The Hall–Kier alpha value is -1.39. The zero-order valence-corrected chi connectivity index (χ0v) is 20.5. The summed E-state index contributed by atoms with van der Waals surface area (Å²) < 4.78 is 0. The third-order valence-corrected chi connectivity index (χ3v) is 4.84. The Labute approximate surface area is 192 Å². The van der Waals surface area contributed by atoms with E-state index in [9.17, 15) is 4.79 Å². The summed E-state index contributed by atoms with van der Waals surface area (Å²) in [7, 11) is 3.76. The van der Waals surface area contributed by atoms with Crippen molar-refractivity contribution in [1.29, 1.82) is 0 Å². The molecule has 1 amide bonds. The number of halogens is 1. The Bertz CT molecular complexity index is 652. The lowest BCUT2D eigenvalue weighted by molar-refractivity contribution is -0.116. The van der Waals surface area contributed by atoms with Crippen LogP contribution in [0.3, 0.4) is 0 Å². The third-order valence-electron chi connectivity index (χ3n) is 4.84. The van der Waals surface area contributed by atoms with Crippen LogP contribution >= 0.6 is 24.0 Å². The third kappa shape index (κ3) is 9.31. The molecule has 1 aliphatic heterocycles. The lowest BCUT2D eigenvalue weighted by atomic mass is 10.2. The number of nitrogens with zero attached hydrogens (tertiary/aromatic N) is 3. The summed E-state index contributed by atoms with van der Waals surface area (Å²) in [5.74, 6) is 0.824. The van der Waals surface area contributed by atoms with E-state index in [4.69, 9.17) is 4.99 Å². The normalized spacial score (nSPS) is 17.1. The van der Waals surface area contributed by atoms with E-state index in [0.717, 1.165) is 36.8 Å². The van der Waals surface area contributed by atoms with Crippen molar-refractivity contribution < 1.29 is 4.79 Å². The molecule has 1 aromatic carbocycles. The Balaban J connectivity index is 0.00000420. The highest BCUT2D eigenvalue weighted by Gasteiger charge is 2.22. The zero-order valence-electron chi connectivity index (χ0n) is 18.2. The van der Waals surface area contributed by atoms with Crippen LogP contribution < -0.4 is 16.0 Å². The van der Waals surface area contributed by atoms with Crippen LogP contribution in [0, 0.1) is 0 Å². The first-order chi connectivity index (χ1) is 13.5. The minimum atomic E-state index is -0.0160. The van der Waals surface area contributed by atoms with Crippen LogP contribution in [0.15, 0.2) is 29.3 Å². The van der Waals surface area contributed by atoms with E-state index in [1.165, 1.54) is 19.4 Å². The van der Waals surface area contributed by atoms with E-state index < -0.39 is 0 Å². The molecule has 0 aromatic heterocycles. The molecule has 7 nitrogen and oxygen atoms in total. The first-order valence-corrected chi connectivity index (χ1v) is 10.3. The minimum absolute atomic E-state index is 0. The molecule has 3 N–H and O–H groups in total. The summed E-state index contributed by atoms with van der Waals surface area (Å²) in [6.07, 6.45) is 2.52. The maximum atomic E-state index is 11.9. The first kappa shape index (κ1) is 25.6. The molecule has 0 aliphatic carbocycles. The number of amides is 1. The van der Waals surface area contributed by atoms with E-state index in [1.54, 1.807) is 0 Å². The number of likely N-dealkylation sites (tertiary alicyclic amines) is 1. The molecule has 29 heavy (non-hydrogen) atoms. The Kier molecular flexibility index (Phi) is 12.2. The molecule has 1 heterocycles. The van der Waals surface area contributed by atoms with Gasteiger partial charge in [-0.3, -0.25) is 9.69 Å². The Morgan fingerprint density at radius 2 is 2.07 bits per heavy atom. The Morgan fingerprint density at radius 1 is 1.28 bits per heavy atom. The number of nitrogens with one attached hydrogen (secondary N) is 3. The van der Waals surface area contributed by atoms with Crippen molar-refractivity contribution >= 4 is 41.5 Å². The van der Waals surface area contributed by atoms with Crippen LogP contribution in [0.1, 0.15) is 32.3 Å². The van der Waals surface area contributed by atoms with E-state index in [0.29, 0.717) is 19.1 Å². The van der Waals surface area contributed by atoms with E-state index in [2.05, 4.69) is 34.7 Å². The van der Waals surface area contributed by atoms with Crippen LogP contribution in [-0.4, -0.2) is 74.5 Å². The van der Waals surface area contributed by atoms with Crippen molar-refractivity contribution in [2.45, 2.75) is 39.3 Å². The average molecular weight is 516 g/mol. The minimum Gasteiger partial charge on any atom is -0.357 e. The lowest BCUT2D eigenvalue weighted by Crippen LogP contribution is -2.44. The fourth-order valence-corrected chi connectivity index (χ4v) is 3.50. The molecule has 1 aromatic rings. The summed E-state index contributed by atoms with van der Waals surface area (Å²) in [6.45, 7) is 9.28. The van der Waals surface area contributed by atoms with Crippen LogP contribution in [0.4, 0.5) is 5.69 Å². The van der Waals surface area contributed by atoms with Gasteiger partial charge < -0.3 is 20.9 Å². The second-order valence-electron chi connectivity index (χ2n) is 7.49. The predicted molar refractivity (Wildman–Crippen MR) is 132 cm³/mol. The molecule has 1 atom stereocenters. The van der Waals surface area contributed by atoms with Gasteiger partial charge in [-0.1, -0.05) is 19.1 Å². The number of guanidine groups is 1. The van der Waals surface area contributed by atoms with Crippen LogP contribution in [0.25, 0.3) is 0 Å². The maximum absolute atomic E-state index is 11.9. The number of aliphatic imine (C=N–C) groups is 1. The van der Waals surface area contributed by atoms with Gasteiger partial charge >= 0.3 is 0 Å². The van der Waals surface area contributed by atoms with Gasteiger partial charge in [0.25, 0.3) is 0 Å². The van der Waals surface area contributed by atoms with Crippen LogP contribution in [-0.2, 0) is 11.3 Å². The number of rotatable bonds is 9. The smallest absolute Gasteiger partial charge is 0.238 e. The van der Waals surface area contributed by atoms with E-state index in [-0.39, 0.29) is 29.9 Å². The first-order valence-electron chi connectivity index (χ1n) is 10.3. The molecular formula is C21H37IN6O. The highest BCUT2D eigenvalue weighted by Crippen LogP contribution is 2.15. The topological polar surface area (TPSA) is 72.0 Å². The monoisotopic (exact) mass is 516 g/mol. The largest absolute Gasteiger partial charge is 0.357 e. The van der Waals surface area contributed by atoms with Gasteiger partial charge in [-0.05, 0) is 64.6 Å². The van der Waals surface area contributed by atoms with Crippen molar-refractivity contribution in [3.05, 3.63) is 29.8 Å². The van der Waals surface area contributed by atoms with Gasteiger partial charge in [-0.15, -0.1) is 24.0 Å². The number of hydrogen-bond donors (Lipinski definition) is 3. The zero-order chi connectivity index (χ0) is 20.4. The second-order valence-corrected chi connectivity index (χ2v) is 7.49. The summed E-state index contributed by atoms with van der Waals surface area (Å²) in [5, 5.41) is 9.74. The fraction of sp³-hybridized carbons (Fsp3) is 0.619. The molecular weight excluding hydrogens is 479 g/mol.